The molecule has 0 bridgehead atoms. The number of aromatic amines is 1. The molecule has 5 nitrogen and oxygen atoms in total. The van der Waals surface area contributed by atoms with Crippen molar-refractivity contribution in [3.8, 4) is 17.2 Å². The molecule has 0 saturated carbocycles. The number of H-pyrrole nitrogens is 1. The third kappa shape index (κ3) is 2.69. The Bertz CT molecular complexity index is 903. The first-order valence-corrected chi connectivity index (χ1v) is 7.45. The van der Waals surface area contributed by atoms with Crippen molar-refractivity contribution < 1.29 is 5.11 Å². The number of nitriles is 1. The first-order chi connectivity index (χ1) is 10.9. The van der Waals surface area contributed by atoms with Gasteiger partial charge in [0.1, 0.15) is 0 Å². The van der Waals surface area contributed by atoms with Crippen LogP contribution in [0.2, 0.25) is 0 Å². The summed E-state index contributed by atoms with van der Waals surface area (Å²) in [6.07, 6.45) is 2.85. The number of aliphatic hydroxyl groups is 1. The van der Waals surface area contributed by atoms with Gasteiger partial charge in [-0.05, 0) is 61.2 Å². The Balaban J connectivity index is 2.27. The number of benzene rings is 1. The van der Waals surface area contributed by atoms with Gasteiger partial charge in [-0.3, -0.25) is 5.10 Å². The van der Waals surface area contributed by atoms with E-state index in [9.17, 15) is 10.4 Å². The molecular formula is C18H18N4O. The lowest BCUT2D eigenvalue weighted by atomic mass is 9.83. The van der Waals surface area contributed by atoms with Crippen molar-refractivity contribution in [3.63, 3.8) is 0 Å². The third-order valence-corrected chi connectivity index (χ3v) is 4.10. The van der Waals surface area contributed by atoms with Gasteiger partial charge in [-0.25, -0.2) is 4.98 Å². The van der Waals surface area contributed by atoms with Gasteiger partial charge in [-0.2, -0.15) is 10.4 Å². The van der Waals surface area contributed by atoms with Gasteiger partial charge >= 0.3 is 0 Å². The average molecular weight is 306 g/mol. The van der Waals surface area contributed by atoms with Crippen LogP contribution in [0, 0.1) is 11.3 Å². The maximum Gasteiger partial charge on any atom is 0.155 e. The van der Waals surface area contributed by atoms with Gasteiger partial charge in [-0.15, -0.1) is 0 Å². The van der Waals surface area contributed by atoms with E-state index in [0.29, 0.717) is 5.65 Å². The van der Waals surface area contributed by atoms with Gasteiger partial charge in [0.25, 0.3) is 0 Å². The summed E-state index contributed by atoms with van der Waals surface area (Å²) in [6, 6.07) is 10.1. The quantitative estimate of drug-likeness (QED) is 0.775. The van der Waals surface area contributed by atoms with Crippen LogP contribution in [-0.2, 0) is 5.41 Å². The zero-order valence-electron chi connectivity index (χ0n) is 13.3. The standard InChI is InChI=1S/C18H18N4O/c1-11(23)12-6-13(8-14(7-12)18(2,3)10-19)15-4-5-20-17-16(15)9-21-22-17/h4-9,11,23H,1-3H3,(H,20,21,22). The Morgan fingerprint density at radius 1 is 1.30 bits per heavy atom. The van der Waals surface area contributed by atoms with E-state index in [1.807, 2.05) is 38.1 Å². The largest absolute Gasteiger partial charge is 0.389 e. The predicted molar refractivity (Wildman–Crippen MR) is 88.6 cm³/mol. The third-order valence-electron chi connectivity index (χ3n) is 4.10. The zero-order valence-corrected chi connectivity index (χ0v) is 13.3. The van der Waals surface area contributed by atoms with Crippen LogP contribution < -0.4 is 0 Å². The molecule has 0 fully saturated rings. The van der Waals surface area contributed by atoms with Gasteiger partial charge in [0.15, 0.2) is 5.65 Å². The van der Waals surface area contributed by atoms with Crippen LogP contribution in [0.1, 0.15) is 38.0 Å². The van der Waals surface area contributed by atoms with Gasteiger partial charge in [-0.1, -0.05) is 6.07 Å². The van der Waals surface area contributed by atoms with E-state index >= 15 is 0 Å². The van der Waals surface area contributed by atoms with E-state index in [2.05, 4.69) is 21.3 Å². The van der Waals surface area contributed by atoms with Crippen molar-refractivity contribution in [2.45, 2.75) is 32.3 Å². The number of aliphatic hydroxyl groups excluding tert-OH is 1. The van der Waals surface area contributed by atoms with E-state index in [-0.39, 0.29) is 0 Å². The Morgan fingerprint density at radius 2 is 2.09 bits per heavy atom. The second kappa shape index (κ2) is 5.49. The van der Waals surface area contributed by atoms with Gasteiger partial charge < -0.3 is 5.11 Å². The number of hydrogen-bond acceptors (Lipinski definition) is 4. The molecular weight excluding hydrogens is 288 g/mol. The second-order valence-corrected chi connectivity index (χ2v) is 6.25. The zero-order chi connectivity index (χ0) is 16.6. The highest BCUT2D eigenvalue weighted by Gasteiger charge is 2.22. The molecule has 1 unspecified atom stereocenters. The van der Waals surface area contributed by atoms with Crippen molar-refractivity contribution in [1.29, 1.82) is 5.26 Å². The minimum Gasteiger partial charge on any atom is -0.389 e. The highest BCUT2D eigenvalue weighted by Crippen LogP contribution is 2.33. The lowest BCUT2D eigenvalue weighted by Crippen LogP contribution is -2.14. The Kier molecular flexibility index (Phi) is 3.63. The van der Waals surface area contributed by atoms with Crippen LogP contribution in [0.4, 0.5) is 0 Å². The van der Waals surface area contributed by atoms with E-state index in [4.69, 9.17) is 0 Å². The fourth-order valence-electron chi connectivity index (χ4n) is 2.58. The van der Waals surface area contributed by atoms with Crippen molar-refractivity contribution in [2.24, 2.45) is 0 Å². The summed E-state index contributed by atoms with van der Waals surface area (Å²) in [6.45, 7) is 5.47. The van der Waals surface area contributed by atoms with Crippen LogP contribution >= 0.6 is 0 Å². The van der Waals surface area contributed by atoms with Crippen LogP contribution in [-0.4, -0.2) is 20.3 Å². The summed E-state index contributed by atoms with van der Waals surface area (Å²) in [5, 5.41) is 27.3. The van der Waals surface area contributed by atoms with Crippen LogP contribution in [0.5, 0.6) is 0 Å². The molecule has 1 aromatic carbocycles. The molecule has 0 amide bonds. The molecule has 3 rings (SSSR count). The molecule has 3 aromatic rings. The summed E-state index contributed by atoms with van der Waals surface area (Å²) in [7, 11) is 0. The highest BCUT2D eigenvalue weighted by atomic mass is 16.3. The number of nitrogens with one attached hydrogen (secondary N) is 1. The smallest absolute Gasteiger partial charge is 0.155 e. The van der Waals surface area contributed by atoms with Crippen molar-refractivity contribution in [2.75, 3.05) is 0 Å². The molecule has 2 aromatic heterocycles. The van der Waals surface area contributed by atoms with Crippen LogP contribution in [0.25, 0.3) is 22.2 Å². The summed E-state index contributed by atoms with van der Waals surface area (Å²) in [5.74, 6) is 0. The Labute approximate surface area is 134 Å². The van der Waals surface area contributed by atoms with Crippen molar-refractivity contribution in [3.05, 3.63) is 47.8 Å². The van der Waals surface area contributed by atoms with Crippen molar-refractivity contribution >= 4 is 11.0 Å². The normalized spacial score (nSPS) is 13.0. The lowest BCUT2D eigenvalue weighted by Gasteiger charge is -2.20. The molecule has 0 aliphatic carbocycles. The Morgan fingerprint density at radius 3 is 2.78 bits per heavy atom. The number of aromatic nitrogens is 3. The van der Waals surface area contributed by atoms with Crippen molar-refractivity contribution in [1.82, 2.24) is 15.2 Å². The van der Waals surface area contributed by atoms with Gasteiger partial charge in [0.05, 0.1) is 23.8 Å². The minimum absolute atomic E-state index is 0.607. The topological polar surface area (TPSA) is 85.6 Å². The number of nitrogens with zero attached hydrogens (tertiary/aromatic N) is 3. The first-order valence-electron chi connectivity index (χ1n) is 7.45. The molecule has 0 aliphatic heterocycles. The lowest BCUT2D eigenvalue weighted by molar-refractivity contribution is 0.199. The van der Waals surface area contributed by atoms with Crippen LogP contribution in [0.15, 0.2) is 36.7 Å². The molecule has 2 N–H and O–H groups in total. The molecule has 0 aliphatic rings. The SMILES string of the molecule is CC(O)c1cc(-c2ccnc3[nH]ncc23)cc(C(C)(C)C#N)c1. The van der Waals surface area contributed by atoms with E-state index in [1.165, 1.54) is 0 Å². The molecule has 5 heteroatoms. The molecule has 0 saturated heterocycles. The fourth-order valence-corrected chi connectivity index (χ4v) is 2.58. The molecule has 2 heterocycles. The molecule has 0 radical (unpaired) electrons. The monoisotopic (exact) mass is 306 g/mol. The maximum atomic E-state index is 10.0. The minimum atomic E-state index is -0.637. The highest BCUT2D eigenvalue weighted by molar-refractivity contribution is 5.92. The summed E-state index contributed by atoms with van der Waals surface area (Å²) >= 11 is 0. The van der Waals surface area contributed by atoms with E-state index in [0.717, 1.165) is 27.6 Å². The maximum absolute atomic E-state index is 10.0. The summed E-state index contributed by atoms with van der Waals surface area (Å²) in [5.41, 5.74) is 3.65. The summed E-state index contributed by atoms with van der Waals surface area (Å²) < 4.78 is 0. The first kappa shape index (κ1) is 15.2. The van der Waals surface area contributed by atoms with E-state index in [1.54, 1.807) is 19.3 Å². The predicted octanol–water partition coefficient (Wildman–Crippen LogP) is 3.48. The summed E-state index contributed by atoms with van der Waals surface area (Å²) in [4.78, 5) is 4.25. The molecule has 0 spiro atoms. The fraction of sp³-hybridized carbons (Fsp3) is 0.278. The second-order valence-electron chi connectivity index (χ2n) is 6.25. The number of rotatable bonds is 3. The number of pyridine rings is 1. The molecule has 116 valence electrons. The van der Waals surface area contributed by atoms with Crippen LogP contribution in [0.3, 0.4) is 0 Å². The van der Waals surface area contributed by atoms with Gasteiger partial charge in [0.2, 0.25) is 0 Å². The average Bonchev–Trinajstić information content (AvgIpc) is 3.02. The number of fused-ring (bicyclic) bond motifs is 1. The molecule has 1 atom stereocenters. The number of hydrogen-bond donors (Lipinski definition) is 2. The van der Waals surface area contributed by atoms with Gasteiger partial charge in [0, 0.05) is 11.6 Å². The Hall–Kier alpha value is -2.71. The van der Waals surface area contributed by atoms with E-state index < -0.39 is 11.5 Å². The molecule has 23 heavy (non-hydrogen) atoms.